The van der Waals surface area contributed by atoms with E-state index in [0.717, 1.165) is 36.8 Å². The van der Waals surface area contributed by atoms with Gasteiger partial charge in [0.1, 0.15) is 5.82 Å². The van der Waals surface area contributed by atoms with Crippen LogP contribution in [0.25, 0.3) is 0 Å². The molecule has 0 radical (unpaired) electrons. The smallest absolute Gasteiger partial charge is 0.105 e. The van der Waals surface area contributed by atoms with E-state index >= 15 is 0 Å². The molecule has 4 heteroatoms. The topological polar surface area (TPSA) is 42.7 Å². The standard InChI is InChI=1S/C13H18N4/c1-3-14-9-12-5-4-6-13(16-12)10-17-8-7-15-11(17)2/h4-8,14H,3,9-10H2,1-2H3. The predicted octanol–water partition coefficient (Wildman–Crippen LogP) is 1.74. The molecule has 0 amide bonds. The summed E-state index contributed by atoms with van der Waals surface area (Å²) in [5, 5.41) is 3.28. The van der Waals surface area contributed by atoms with Crippen molar-refractivity contribution in [3.63, 3.8) is 0 Å². The lowest BCUT2D eigenvalue weighted by molar-refractivity contribution is 0.692. The third-order valence-electron chi connectivity index (χ3n) is 2.68. The number of aromatic nitrogens is 3. The minimum absolute atomic E-state index is 0.784. The Balaban J connectivity index is 2.08. The summed E-state index contributed by atoms with van der Waals surface area (Å²) in [5.74, 6) is 1.02. The molecule has 0 unspecified atom stereocenters. The number of nitrogens with zero attached hydrogens (tertiary/aromatic N) is 3. The summed E-state index contributed by atoms with van der Waals surface area (Å²) in [6.07, 6.45) is 3.80. The molecule has 0 atom stereocenters. The lowest BCUT2D eigenvalue weighted by Gasteiger charge is -2.07. The minimum atomic E-state index is 0.784. The summed E-state index contributed by atoms with van der Waals surface area (Å²) in [6.45, 7) is 6.67. The summed E-state index contributed by atoms with van der Waals surface area (Å²) in [4.78, 5) is 8.82. The van der Waals surface area contributed by atoms with Crippen molar-refractivity contribution in [1.29, 1.82) is 0 Å². The molecule has 0 aromatic carbocycles. The second kappa shape index (κ2) is 5.59. The molecule has 1 N–H and O–H groups in total. The quantitative estimate of drug-likeness (QED) is 0.851. The molecule has 90 valence electrons. The molecule has 0 fully saturated rings. The molecule has 4 nitrogen and oxygen atoms in total. The Kier molecular flexibility index (Phi) is 3.88. The van der Waals surface area contributed by atoms with E-state index in [2.05, 4.69) is 38.9 Å². The molecule has 0 saturated heterocycles. The molecule has 0 aliphatic heterocycles. The maximum absolute atomic E-state index is 4.62. The van der Waals surface area contributed by atoms with Crippen molar-refractivity contribution in [2.45, 2.75) is 26.9 Å². The Bertz CT molecular complexity index is 476. The van der Waals surface area contributed by atoms with E-state index in [9.17, 15) is 0 Å². The van der Waals surface area contributed by atoms with Gasteiger partial charge in [0.05, 0.1) is 17.9 Å². The number of hydrogen-bond acceptors (Lipinski definition) is 3. The van der Waals surface area contributed by atoms with Gasteiger partial charge in [-0.1, -0.05) is 13.0 Å². The van der Waals surface area contributed by atoms with E-state index in [0.29, 0.717) is 0 Å². The van der Waals surface area contributed by atoms with E-state index in [4.69, 9.17) is 0 Å². The third-order valence-corrected chi connectivity index (χ3v) is 2.68. The highest BCUT2D eigenvalue weighted by molar-refractivity contribution is 5.12. The molecule has 0 spiro atoms. The van der Waals surface area contributed by atoms with E-state index in [1.54, 1.807) is 0 Å². The predicted molar refractivity (Wildman–Crippen MR) is 67.7 cm³/mol. The van der Waals surface area contributed by atoms with Gasteiger partial charge in [0, 0.05) is 18.9 Å². The largest absolute Gasteiger partial charge is 0.329 e. The number of nitrogens with one attached hydrogen (secondary N) is 1. The summed E-state index contributed by atoms with van der Waals surface area (Å²) in [5.41, 5.74) is 2.16. The number of rotatable bonds is 5. The maximum atomic E-state index is 4.62. The van der Waals surface area contributed by atoms with E-state index < -0.39 is 0 Å². The zero-order chi connectivity index (χ0) is 12.1. The average Bonchev–Trinajstić information content (AvgIpc) is 2.73. The highest BCUT2D eigenvalue weighted by Gasteiger charge is 2.01. The van der Waals surface area contributed by atoms with E-state index in [1.807, 2.05) is 25.4 Å². The van der Waals surface area contributed by atoms with Crippen molar-refractivity contribution in [2.75, 3.05) is 6.54 Å². The summed E-state index contributed by atoms with van der Waals surface area (Å²) < 4.78 is 2.10. The van der Waals surface area contributed by atoms with E-state index in [-0.39, 0.29) is 0 Å². The van der Waals surface area contributed by atoms with Crippen molar-refractivity contribution in [1.82, 2.24) is 19.9 Å². The second-order valence-electron chi connectivity index (χ2n) is 4.00. The molecular weight excluding hydrogens is 212 g/mol. The highest BCUT2D eigenvalue weighted by atomic mass is 15.1. The SMILES string of the molecule is CCNCc1cccc(Cn2ccnc2C)n1. The fourth-order valence-corrected chi connectivity index (χ4v) is 1.71. The molecule has 2 heterocycles. The van der Waals surface area contributed by atoms with Crippen molar-refractivity contribution in [3.05, 3.63) is 47.8 Å². The first kappa shape index (κ1) is 11.8. The van der Waals surface area contributed by atoms with Gasteiger partial charge in [-0.25, -0.2) is 4.98 Å². The van der Waals surface area contributed by atoms with Crippen LogP contribution in [-0.4, -0.2) is 21.1 Å². The first-order valence-corrected chi connectivity index (χ1v) is 5.93. The molecule has 0 aliphatic rings. The first-order valence-electron chi connectivity index (χ1n) is 5.93. The van der Waals surface area contributed by atoms with Gasteiger partial charge in [-0.15, -0.1) is 0 Å². The molecule has 17 heavy (non-hydrogen) atoms. The van der Waals surface area contributed by atoms with Crippen LogP contribution in [0.4, 0.5) is 0 Å². The average molecular weight is 230 g/mol. The Labute approximate surface area is 102 Å². The Hall–Kier alpha value is -1.68. The molecule has 0 bridgehead atoms. The fourth-order valence-electron chi connectivity index (χ4n) is 1.71. The second-order valence-corrected chi connectivity index (χ2v) is 4.00. The summed E-state index contributed by atoms with van der Waals surface area (Å²) in [7, 11) is 0. The molecule has 0 aliphatic carbocycles. The van der Waals surface area contributed by atoms with Crippen LogP contribution in [0.5, 0.6) is 0 Å². The van der Waals surface area contributed by atoms with Crippen LogP contribution in [0.3, 0.4) is 0 Å². The van der Waals surface area contributed by atoms with Crippen molar-refractivity contribution < 1.29 is 0 Å². The van der Waals surface area contributed by atoms with Gasteiger partial charge >= 0.3 is 0 Å². The zero-order valence-electron chi connectivity index (χ0n) is 10.3. The van der Waals surface area contributed by atoms with Crippen LogP contribution in [0, 0.1) is 6.92 Å². The first-order chi connectivity index (χ1) is 8.29. The molecule has 2 aromatic rings. The highest BCUT2D eigenvalue weighted by Crippen LogP contribution is 2.04. The van der Waals surface area contributed by atoms with Crippen LogP contribution < -0.4 is 5.32 Å². The molecule has 2 aromatic heterocycles. The third kappa shape index (κ3) is 3.14. The number of imidazole rings is 1. The van der Waals surface area contributed by atoms with Crippen molar-refractivity contribution in [2.24, 2.45) is 0 Å². The zero-order valence-corrected chi connectivity index (χ0v) is 10.3. The Morgan fingerprint density at radius 1 is 1.29 bits per heavy atom. The monoisotopic (exact) mass is 230 g/mol. The number of aryl methyl sites for hydroxylation is 1. The molecular formula is C13H18N4. The van der Waals surface area contributed by atoms with Crippen LogP contribution in [0.1, 0.15) is 24.1 Å². The minimum Gasteiger partial charge on any atom is -0.329 e. The Morgan fingerprint density at radius 2 is 2.12 bits per heavy atom. The van der Waals surface area contributed by atoms with Gasteiger partial charge in [0.25, 0.3) is 0 Å². The van der Waals surface area contributed by atoms with Gasteiger partial charge < -0.3 is 9.88 Å². The molecule has 2 rings (SSSR count). The number of hydrogen-bond donors (Lipinski definition) is 1. The van der Waals surface area contributed by atoms with Gasteiger partial charge in [-0.05, 0) is 25.6 Å². The van der Waals surface area contributed by atoms with Crippen LogP contribution in [0.2, 0.25) is 0 Å². The van der Waals surface area contributed by atoms with Gasteiger partial charge in [0.2, 0.25) is 0 Å². The van der Waals surface area contributed by atoms with Crippen LogP contribution >= 0.6 is 0 Å². The van der Waals surface area contributed by atoms with Crippen molar-refractivity contribution in [3.8, 4) is 0 Å². The molecule has 0 saturated carbocycles. The lowest BCUT2D eigenvalue weighted by Crippen LogP contribution is -2.13. The van der Waals surface area contributed by atoms with Gasteiger partial charge in [-0.3, -0.25) is 4.98 Å². The maximum Gasteiger partial charge on any atom is 0.105 e. The summed E-state index contributed by atoms with van der Waals surface area (Å²) >= 11 is 0. The number of pyridine rings is 1. The summed E-state index contributed by atoms with van der Waals surface area (Å²) in [6, 6.07) is 6.16. The van der Waals surface area contributed by atoms with Gasteiger partial charge in [-0.2, -0.15) is 0 Å². The lowest BCUT2D eigenvalue weighted by atomic mass is 10.3. The van der Waals surface area contributed by atoms with Crippen LogP contribution in [0.15, 0.2) is 30.6 Å². The van der Waals surface area contributed by atoms with E-state index in [1.165, 1.54) is 0 Å². The van der Waals surface area contributed by atoms with Gasteiger partial charge in [0.15, 0.2) is 0 Å². The fraction of sp³-hybridized carbons (Fsp3) is 0.385. The van der Waals surface area contributed by atoms with Crippen LogP contribution in [-0.2, 0) is 13.1 Å². The normalized spacial score (nSPS) is 10.7. The Morgan fingerprint density at radius 3 is 2.82 bits per heavy atom. The van der Waals surface area contributed by atoms with Crippen molar-refractivity contribution >= 4 is 0 Å².